The third-order valence-electron chi connectivity index (χ3n) is 3.21. The molecule has 0 aliphatic carbocycles. The first-order chi connectivity index (χ1) is 11.8. The number of non-ortho nitro benzene ring substituents is 1. The van der Waals surface area contributed by atoms with Gasteiger partial charge < -0.3 is 10.2 Å². The van der Waals surface area contributed by atoms with E-state index in [0.29, 0.717) is 17.9 Å². The number of rotatable bonds is 8. The fraction of sp³-hybridized carbons (Fsp3) is 0.125. The summed E-state index contributed by atoms with van der Waals surface area (Å²) in [6.07, 6.45) is 0. The summed E-state index contributed by atoms with van der Waals surface area (Å²) in [5.74, 6) is 0.574. The molecule has 2 aromatic carbocycles. The number of benzene rings is 2. The van der Waals surface area contributed by atoms with Crippen molar-refractivity contribution >= 4 is 21.4 Å². The van der Waals surface area contributed by atoms with Gasteiger partial charge in [0.2, 0.25) is 0 Å². The summed E-state index contributed by atoms with van der Waals surface area (Å²) in [5, 5.41) is 10.6. The molecule has 0 aliphatic heterocycles. The van der Waals surface area contributed by atoms with Crippen molar-refractivity contribution in [2.75, 3.05) is 6.61 Å². The van der Waals surface area contributed by atoms with Crippen LogP contribution in [0.1, 0.15) is 12.5 Å². The molecule has 0 unspecified atom stereocenters. The summed E-state index contributed by atoms with van der Waals surface area (Å²) in [6, 6.07) is 11.5. The minimum absolute atomic E-state index is 0.0555. The molecule has 2 aromatic rings. The number of ether oxygens (including phenoxy) is 1. The first-order valence-electron chi connectivity index (χ1n) is 7.28. The molecule has 0 fully saturated rings. The number of nitrogens with zero attached hydrogens (tertiary/aromatic N) is 1. The van der Waals surface area contributed by atoms with Crippen LogP contribution in [0, 0.1) is 10.1 Å². The SMILES string of the molecule is C=C(NNS(=O)(=O)c1ccc(OCC)cc1)c1ccc([N+](=O)[O-])cc1. The van der Waals surface area contributed by atoms with Crippen LogP contribution in [0.2, 0.25) is 0 Å². The summed E-state index contributed by atoms with van der Waals surface area (Å²) in [5.41, 5.74) is 3.20. The van der Waals surface area contributed by atoms with Crippen molar-refractivity contribution in [1.82, 2.24) is 10.3 Å². The Morgan fingerprint density at radius 3 is 2.28 bits per heavy atom. The maximum Gasteiger partial charge on any atom is 0.269 e. The standard InChI is InChI=1S/C16H17N3O5S/c1-3-24-15-8-10-16(11-9-15)25(22,23)18-17-12(2)13-4-6-14(7-5-13)19(20)21/h4-11,17-18H,2-3H2,1H3. The molecule has 8 nitrogen and oxygen atoms in total. The Balaban J connectivity index is 2.03. The Kier molecular flexibility index (Phi) is 5.73. The van der Waals surface area contributed by atoms with Crippen molar-refractivity contribution in [3.63, 3.8) is 0 Å². The lowest BCUT2D eigenvalue weighted by atomic mass is 10.1. The highest BCUT2D eigenvalue weighted by Crippen LogP contribution is 2.17. The quantitative estimate of drug-likeness (QED) is 0.550. The monoisotopic (exact) mass is 363 g/mol. The van der Waals surface area contributed by atoms with Crippen LogP contribution < -0.4 is 15.0 Å². The topological polar surface area (TPSA) is 111 Å². The molecule has 0 saturated heterocycles. The van der Waals surface area contributed by atoms with Crippen LogP contribution in [0.3, 0.4) is 0 Å². The molecule has 2 rings (SSSR count). The van der Waals surface area contributed by atoms with E-state index in [-0.39, 0.29) is 16.3 Å². The third-order valence-corrected chi connectivity index (χ3v) is 4.47. The molecular formula is C16H17N3O5S. The van der Waals surface area contributed by atoms with Gasteiger partial charge in [0.25, 0.3) is 15.7 Å². The summed E-state index contributed by atoms with van der Waals surface area (Å²) in [6.45, 7) is 6.03. The summed E-state index contributed by atoms with van der Waals surface area (Å²) in [4.78, 5) is 12.4. The number of hydrogen-bond donors (Lipinski definition) is 2. The molecule has 9 heteroatoms. The molecule has 0 heterocycles. The third kappa shape index (κ3) is 4.78. The van der Waals surface area contributed by atoms with Crippen LogP contribution in [0.25, 0.3) is 5.70 Å². The maximum absolute atomic E-state index is 12.2. The van der Waals surface area contributed by atoms with E-state index in [9.17, 15) is 18.5 Å². The van der Waals surface area contributed by atoms with Crippen molar-refractivity contribution in [2.24, 2.45) is 0 Å². The van der Waals surface area contributed by atoms with Crippen molar-refractivity contribution in [3.8, 4) is 5.75 Å². The lowest BCUT2D eigenvalue weighted by Crippen LogP contribution is -2.35. The van der Waals surface area contributed by atoms with Crippen molar-refractivity contribution < 1.29 is 18.1 Å². The molecule has 0 aliphatic rings. The van der Waals surface area contributed by atoms with Gasteiger partial charge in [-0.1, -0.05) is 6.58 Å². The van der Waals surface area contributed by atoms with Gasteiger partial charge in [-0.15, -0.1) is 4.83 Å². The van der Waals surface area contributed by atoms with E-state index in [4.69, 9.17) is 4.74 Å². The van der Waals surface area contributed by atoms with Crippen LogP contribution in [-0.4, -0.2) is 19.9 Å². The summed E-state index contributed by atoms with van der Waals surface area (Å²) < 4.78 is 29.7. The average molecular weight is 363 g/mol. The highest BCUT2D eigenvalue weighted by Gasteiger charge is 2.14. The van der Waals surface area contributed by atoms with E-state index in [1.165, 1.54) is 36.4 Å². The van der Waals surface area contributed by atoms with E-state index in [0.717, 1.165) is 0 Å². The van der Waals surface area contributed by atoms with Gasteiger partial charge in [0.1, 0.15) is 5.75 Å². The minimum Gasteiger partial charge on any atom is -0.494 e. The van der Waals surface area contributed by atoms with Gasteiger partial charge in [-0.3, -0.25) is 10.1 Å². The molecule has 0 spiro atoms. The Bertz CT molecular complexity index is 862. The van der Waals surface area contributed by atoms with Crippen molar-refractivity contribution in [1.29, 1.82) is 0 Å². The molecule has 2 N–H and O–H groups in total. The zero-order chi connectivity index (χ0) is 18.4. The summed E-state index contributed by atoms with van der Waals surface area (Å²) >= 11 is 0. The lowest BCUT2D eigenvalue weighted by molar-refractivity contribution is -0.384. The molecule has 0 atom stereocenters. The smallest absolute Gasteiger partial charge is 0.269 e. The molecule has 132 valence electrons. The van der Waals surface area contributed by atoms with Crippen LogP contribution >= 0.6 is 0 Å². The van der Waals surface area contributed by atoms with Crippen molar-refractivity contribution in [2.45, 2.75) is 11.8 Å². The average Bonchev–Trinajstić information content (AvgIpc) is 2.60. The predicted molar refractivity (Wildman–Crippen MR) is 93.2 cm³/mol. The first kappa shape index (κ1) is 18.4. The number of nitro groups is 1. The fourth-order valence-corrected chi connectivity index (χ4v) is 2.80. The Morgan fingerprint density at radius 1 is 1.16 bits per heavy atom. The molecule has 0 bridgehead atoms. The van der Waals surface area contributed by atoms with Crippen LogP contribution in [0.4, 0.5) is 5.69 Å². The number of hydrogen-bond acceptors (Lipinski definition) is 6. The minimum atomic E-state index is -3.80. The lowest BCUT2D eigenvalue weighted by Gasteiger charge is -2.12. The zero-order valence-corrected chi connectivity index (χ0v) is 14.2. The van der Waals surface area contributed by atoms with E-state index < -0.39 is 14.9 Å². The number of sulfonamides is 1. The van der Waals surface area contributed by atoms with Gasteiger partial charge in [0.15, 0.2) is 0 Å². The molecule has 0 radical (unpaired) electrons. The van der Waals surface area contributed by atoms with Crippen LogP contribution in [0.5, 0.6) is 5.75 Å². The highest BCUT2D eigenvalue weighted by atomic mass is 32.2. The van der Waals surface area contributed by atoms with Gasteiger partial charge in [-0.05, 0) is 48.9 Å². The molecule has 25 heavy (non-hydrogen) atoms. The molecule has 0 saturated carbocycles. The second-order valence-corrected chi connectivity index (χ2v) is 6.60. The van der Waals surface area contributed by atoms with Gasteiger partial charge >= 0.3 is 0 Å². The Hall–Kier alpha value is -2.91. The second kappa shape index (κ2) is 7.77. The highest BCUT2D eigenvalue weighted by molar-refractivity contribution is 7.89. The van der Waals surface area contributed by atoms with E-state index in [1.54, 1.807) is 12.1 Å². The molecule has 0 amide bonds. The summed E-state index contributed by atoms with van der Waals surface area (Å²) in [7, 11) is -3.80. The number of nitro benzene ring substituents is 1. The van der Waals surface area contributed by atoms with Gasteiger partial charge in [0, 0.05) is 17.8 Å². The second-order valence-electron chi connectivity index (χ2n) is 4.92. The Labute approximate surface area is 145 Å². The van der Waals surface area contributed by atoms with Crippen LogP contribution in [-0.2, 0) is 10.0 Å². The van der Waals surface area contributed by atoms with Gasteiger partial charge in [-0.25, -0.2) is 8.42 Å². The van der Waals surface area contributed by atoms with Crippen molar-refractivity contribution in [3.05, 3.63) is 70.8 Å². The van der Waals surface area contributed by atoms with E-state index >= 15 is 0 Å². The normalized spacial score (nSPS) is 10.9. The largest absolute Gasteiger partial charge is 0.494 e. The van der Waals surface area contributed by atoms with Gasteiger partial charge in [0.05, 0.1) is 16.4 Å². The van der Waals surface area contributed by atoms with E-state index in [1.807, 2.05) is 6.92 Å². The zero-order valence-electron chi connectivity index (χ0n) is 13.4. The first-order valence-corrected chi connectivity index (χ1v) is 8.76. The van der Waals surface area contributed by atoms with Crippen LogP contribution in [0.15, 0.2) is 60.0 Å². The number of nitrogens with one attached hydrogen (secondary N) is 2. The predicted octanol–water partition coefficient (Wildman–Crippen LogP) is 2.45. The Morgan fingerprint density at radius 2 is 1.76 bits per heavy atom. The fourth-order valence-electron chi connectivity index (χ4n) is 1.93. The van der Waals surface area contributed by atoms with E-state index in [2.05, 4.69) is 16.8 Å². The molecule has 0 aromatic heterocycles. The van der Waals surface area contributed by atoms with Gasteiger partial charge in [-0.2, -0.15) is 0 Å². The maximum atomic E-state index is 12.2. The molecular weight excluding hydrogens is 346 g/mol. The number of hydrazine groups is 1.